The summed E-state index contributed by atoms with van der Waals surface area (Å²) in [6.45, 7) is 0.568. The van der Waals surface area contributed by atoms with Gasteiger partial charge in [0.15, 0.2) is 0 Å². The fourth-order valence-electron chi connectivity index (χ4n) is 4.51. The van der Waals surface area contributed by atoms with E-state index in [9.17, 15) is 0 Å². The topological polar surface area (TPSA) is 47.6 Å². The van der Waals surface area contributed by atoms with Crippen LogP contribution in [-0.2, 0) is 4.74 Å². The zero-order chi connectivity index (χ0) is 12.9. The Kier molecular flexibility index (Phi) is 2.39. The monoisotopic (exact) mass is 256 g/mol. The second kappa shape index (κ2) is 3.90. The molecule has 2 unspecified atom stereocenters. The number of fused-ring (bicyclic) bond motifs is 2. The van der Waals surface area contributed by atoms with Gasteiger partial charge in [-0.15, -0.1) is 0 Å². The summed E-state index contributed by atoms with van der Waals surface area (Å²) < 4.78 is 5.79. The third kappa shape index (κ3) is 1.55. The molecule has 0 saturated heterocycles. The maximum Gasteiger partial charge on any atom is 0.218 e. The predicted molar refractivity (Wildman–Crippen MR) is 74.9 cm³/mol. The Hall–Kier alpha value is -1.19. The lowest BCUT2D eigenvalue weighted by Crippen LogP contribution is -2.52. The Balaban J connectivity index is 1.66. The van der Waals surface area contributed by atoms with E-state index < -0.39 is 5.85 Å². The second-order valence-corrected chi connectivity index (χ2v) is 6.32. The van der Waals surface area contributed by atoms with Crippen LogP contribution in [0.5, 0.6) is 0 Å². The molecule has 2 bridgehead atoms. The summed E-state index contributed by atoms with van der Waals surface area (Å²) in [6, 6.07) is 10.9. The highest BCUT2D eigenvalue weighted by atomic mass is 16.5. The van der Waals surface area contributed by atoms with Gasteiger partial charge in [-0.05, 0) is 43.1 Å². The van der Waals surface area contributed by atoms with Gasteiger partial charge < -0.3 is 4.74 Å². The van der Waals surface area contributed by atoms with Crippen molar-refractivity contribution in [2.75, 3.05) is 6.61 Å². The molecule has 0 spiro atoms. The van der Waals surface area contributed by atoms with Crippen LogP contribution in [0.1, 0.15) is 37.2 Å². The van der Waals surface area contributed by atoms with Crippen molar-refractivity contribution < 1.29 is 4.74 Å². The minimum absolute atomic E-state index is 0.0607. The predicted octanol–water partition coefficient (Wildman–Crippen LogP) is 2.67. The number of nitrogens with zero attached hydrogens (tertiary/aromatic N) is 1. The van der Waals surface area contributed by atoms with E-state index in [0.29, 0.717) is 12.5 Å². The lowest BCUT2D eigenvalue weighted by Gasteiger charge is -2.40. The number of aliphatic imine (C=N–C) groups is 1. The fourth-order valence-corrected chi connectivity index (χ4v) is 4.51. The average Bonchev–Trinajstić information content (AvgIpc) is 3.15. The number of nitrogens with two attached hydrogens (primary N) is 1. The zero-order valence-electron chi connectivity index (χ0n) is 11.1. The van der Waals surface area contributed by atoms with Crippen LogP contribution >= 0.6 is 0 Å². The molecular weight excluding hydrogens is 236 g/mol. The van der Waals surface area contributed by atoms with E-state index in [0.717, 1.165) is 18.8 Å². The fraction of sp³-hybridized carbons (Fsp3) is 0.562. The highest BCUT2D eigenvalue weighted by Gasteiger charge is 2.61. The molecule has 1 aromatic carbocycles. The Morgan fingerprint density at radius 3 is 2.79 bits per heavy atom. The van der Waals surface area contributed by atoms with Crippen LogP contribution in [0.15, 0.2) is 35.3 Å². The molecule has 100 valence electrons. The second-order valence-electron chi connectivity index (χ2n) is 6.32. The number of ether oxygens (including phenoxy) is 1. The number of benzene rings is 1. The molecule has 3 heteroatoms. The van der Waals surface area contributed by atoms with Crippen LogP contribution in [0.2, 0.25) is 0 Å². The maximum absolute atomic E-state index is 6.46. The molecule has 4 atom stereocenters. The molecule has 4 rings (SSSR count). The summed E-state index contributed by atoms with van der Waals surface area (Å²) in [5.74, 6) is 0.627. The van der Waals surface area contributed by atoms with E-state index in [-0.39, 0.29) is 5.41 Å². The van der Waals surface area contributed by atoms with E-state index in [1.54, 1.807) is 0 Å². The molecule has 3 aliphatic rings. The molecule has 1 aromatic rings. The van der Waals surface area contributed by atoms with E-state index in [2.05, 4.69) is 35.3 Å². The van der Waals surface area contributed by atoms with Gasteiger partial charge in [0, 0.05) is 11.6 Å². The average molecular weight is 256 g/mol. The molecule has 2 saturated carbocycles. The summed E-state index contributed by atoms with van der Waals surface area (Å²) in [5.41, 5.74) is 7.98. The Labute approximate surface area is 113 Å². The first-order chi connectivity index (χ1) is 9.23. The smallest absolute Gasteiger partial charge is 0.218 e. The Bertz CT molecular complexity index is 515. The van der Waals surface area contributed by atoms with Crippen LogP contribution in [0.3, 0.4) is 0 Å². The van der Waals surface area contributed by atoms with Crippen molar-refractivity contribution in [1.29, 1.82) is 0 Å². The third-order valence-corrected chi connectivity index (χ3v) is 5.47. The van der Waals surface area contributed by atoms with Crippen LogP contribution in [0.4, 0.5) is 0 Å². The van der Waals surface area contributed by atoms with Crippen molar-refractivity contribution in [3.8, 4) is 0 Å². The number of hydrogen-bond acceptors (Lipinski definition) is 3. The Morgan fingerprint density at radius 1 is 1.21 bits per heavy atom. The lowest BCUT2D eigenvalue weighted by molar-refractivity contribution is -0.0982. The molecule has 0 radical (unpaired) electrons. The van der Waals surface area contributed by atoms with Gasteiger partial charge in [-0.25, -0.2) is 4.99 Å². The van der Waals surface area contributed by atoms with Gasteiger partial charge in [-0.1, -0.05) is 30.3 Å². The van der Waals surface area contributed by atoms with Gasteiger partial charge in [0.25, 0.3) is 0 Å². The van der Waals surface area contributed by atoms with Crippen molar-refractivity contribution in [1.82, 2.24) is 0 Å². The van der Waals surface area contributed by atoms with Crippen molar-refractivity contribution in [3.05, 3.63) is 35.9 Å². The molecule has 19 heavy (non-hydrogen) atoms. The molecule has 1 aliphatic heterocycles. The van der Waals surface area contributed by atoms with Crippen molar-refractivity contribution >= 4 is 6.21 Å². The first-order valence-corrected chi connectivity index (χ1v) is 7.24. The summed E-state index contributed by atoms with van der Waals surface area (Å²) in [6.07, 6.45) is 6.54. The highest BCUT2D eigenvalue weighted by molar-refractivity contribution is 5.61. The largest absolute Gasteiger partial charge is 0.335 e. The molecule has 3 nitrogen and oxygen atoms in total. The van der Waals surface area contributed by atoms with E-state index in [1.165, 1.54) is 18.4 Å². The van der Waals surface area contributed by atoms with E-state index >= 15 is 0 Å². The molecule has 0 aromatic heterocycles. The van der Waals surface area contributed by atoms with Crippen molar-refractivity contribution in [2.24, 2.45) is 22.1 Å². The van der Waals surface area contributed by atoms with Gasteiger partial charge in [-0.3, -0.25) is 5.73 Å². The van der Waals surface area contributed by atoms with Crippen molar-refractivity contribution in [2.45, 2.75) is 37.5 Å². The highest BCUT2D eigenvalue weighted by Crippen LogP contribution is 2.64. The summed E-state index contributed by atoms with van der Waals surface area (Å²) in [5, 5.41) is 0. The quantitative estimate of drug-likeness (QED) is 0.884. The molecule has 2 aliphatic carbocycles. The first-order valence-electron chi connectivity index (χ1n) is 7.24. The van der Waals surface area contributed by atoms with Crippen LogP contribution in [0, 0.1) is 11.3 Å². The van der Waals surface area contributed by atoms with Crippen LogP contribution in [-0.4, -0.2) is 18.7 Å². The Morgan fingerprint density at radius 2 is 2.05 bits per heavy atom. The standard InChI is InChI=1S/C16H20N2O/c17-16(18-8-9-19-16)15-7-6-13(10-15)14(11-15)12-4-2-1-3-5-12/h1-5,8,13-14H,6-7,9-11,17H2/t13-,14?,15+,16?/m1/s1. The summed E-state index contributed by atoms with van der Waals surface area (Å²) >= 11 is 0. The third-order valence-electron chi connectivity index (χ3n) is 5.47. The first kappa shape index (κ1) is 11.6. The van der Waals surface area contributed by atoms with Gasteiger partial charge in [-0.2, -0.15) is 0 Å². The summed E-state index contributed by atoms with van der Waals surface area (Å²) in [7, 11) is 0. The summed E-state index contributed by atoms with van der Waals surface area (Å²) in [4.78, 5) is 4.48. The van der Waals surface area contributed by atoms with Crippen LogP contribution < -0.4 is 5.73 Å². The van der Waals surface area contributed by atoms with Gasteiger partial charge in [0.2, 0.25) is 5.85 Å². The van der Waals surface area contributed by atoms with Gasteiger partial charge in [0.05, 0.1) is 6.61 Å². The minimum atomic E-state index is -0.759. The SMILES string of the molecule is NC1([C@@]23CC[C@H](C2)C(c2ccccc2)C3)N=CCO1. The molecular formula is C16H20N2O. The molecule has 2 N–H and O–H groups in total. The molecule has 2 fully saturated rings. The zero-order valence-corrected chi connectivity index (χ0v) is 11.1. The normalized spacial score (nSPS) is 44.1. The van der Waals surface area contributed by atoms with Gasteiger partial charge >= 0.3 is 0 Å². The number of hydrogen-bond donors (Lipinski definition) is 1. The van der Waals surface area contributed by atoms with Gasteiger partial charge in [0.1, 0.15) is 0 Å². The number of rotatable bonds is 2. The lowest BCUT2D eigenvalue weighted by atomic mass is 9.74. The molecule has 0 amide bonds. The van der Waals surface area contributed by atoms with E-state index in [1.807, 2.05) is 6.21 Å². The maximum atomic E-state index is 6.46. The minimum Gasteiger partial charge on any atom is -0.335 e. The van der Waals surface area contributed by atoms with Crippen LogP contribution in [0.25, 0.3) is 0 Å². The van der Waals surface area contributed by atoms with Crippen molar-refractivity contribution in [3.63, 3.8) is 0 Å². The van der Waals surface area contributed by atoms with E-state index in [4.69, 9.17) is 10.5 Å². The molecule has 1 heterocycles.